The summed E-state index contributed by atoms with van der Waals surface area (Å²) in [6.45, 7) is 4.25. The van der Waals surface area contributed by atoms with Gasteiger partial charge in [-0.15, -0.1) is 0 Å². The van der Waals surface area contributed by atoms with Gasteiger partial charge in [0.2, 0.25) is 0 Å². The summed E-state index contributed by atoms with van der Waals surface area (Å²) in [7, 11) is 0. The summed E-state index contributed by atoms with van der Waals surface area (Å²) in [4.78, 5) is 13.0. The Labute approximate surface area is 130 Å². The molecule has 1 amide bonds. The maximum atomic E-state index is 13.3. The fourth-order valence-corrected chi connectivity index (χ4v) is 3.47. The largest absolute Gasteiger partial charge is 0.465 e. The number of amides is 1. The third-order valence-corrected chi connectivity index (χ3v) is 4.86. The van der Waals surface area contributed by atoms with Crippen LogP contribution in [0.3, 0.4) is 0 Å². The number of carboxylic acid groups (broad SMARTS) is 1. The summed E-state index contributed by atoms with van der Waals surface area (Å²) in [6.07, 6.45) is 2.57. The van der Waals surface area contributed by atoms with Gasteiger partial charge in [-0.25, -0.2) is 9.18 Å². The van der Waals surface area contributed by atoms with E-state index in [9.17, 15) is 14.3 Å². The molecule has 2 aliphatic rings. The number of hydrogen-bond donors (Lipinski definition) is 2. The van der Waals surface area contributed by atoms with Crippen molar-refractivity contribution in [2.75, 3.05) is 19.6 Å². The second-order valence-corrected chi connectivity index (χ2v) is 6.57. The standard InChI is InChI=1S/C17H23FN2O2/c1-11-8-14(18)4-5-15(11)16-13(6-7-20(16)17(21)22)10-19-9-12-2-3-12/h4-5,8,12-13,16,19H,2-3,6-7,9-10H2,1H3,(H,21,22). The van der Waals surface area contributed by atoms with Crippen LogP contribution in [0.1, 0.15) is 36.4 Å². The summed E-state index contributed by atoms with van der Waals surface area (Å²) in [5.74, 6) is 0.784. The molecule has 1 saturated carbocycles. The Morgan fingerprint density at radius 1 is 1.36 bits per heavy atom. The highest BCUT2D eigenvalue weighted by atomic mass is 19.1. The maximum Gasteiger partial charge on any atom is 0.407 e. The highest BCUT2D eigenvalue weighted by Gasteiger charge is 2.38. The van der Waals surface area contributed by atoms with Crippen LogP contribution < -0.4 is 5.32 Å². The molecule has 0 spiro atoms. The number of aryl methyl sites for hydroxylation is 1. The molecule has 2 unspecified atom stereocenters. The number of rotatable bonds is 5. The zero-order chi connectivity index (χ0) is 15.7. The van der Waals surface area contributed by atoms with Crippen molar-refractivity contribution in [3.63, 3.8) is 0 Å². The lowest BCUT2D eigenvalue weighted by molar-refractivity contribution is 0.134. The molecule has 22 heavy (non-hydrogen) atoms. The second-order valence-electron chi connectivity index (χ2n) is 6.57. The molecule has 120 valence electrons. The number of nitrogens with one attached hydrogen (secondary N) is 1. The molecule has 4 nitrogen and oxygen atoms in total. The number of hydrogen-bond acceptors (Lipinski definition) is 2. The molecular formula is C17H23FN2O2. The molecular weight excluding hydrogens is 283 g/mol. The van der Waals surface area contributed by atoms with E-state index in [4.69, 9.17) is 0 Å². The van der Waals surface area contributed by atoms with Crippen molar-refractivity contribution in [2.24, 2.45) is 11.8 Å². The number of nitrogens with zero attached hydrogens (tertiary/aromatic N) is 1. The van der Waals surface area contributed by atoms with E-state index in [-0.39, 0.29) is 17.8 Å². The van der Waals surface area contributed by atoms with Crippen molar-refractivity contribution >= 4 is 6.09 Å². The molecule has 1 aromatic carbocycles. The van der Waals surface area contributed by atoms with Gasteiger partial charge in [0.15, 0.2) is 0 Å². The molecule has 2 fully saturated rings. The highest BCUT2D eigenvalue weighted by Crippen LogP contribution is 2.38. The third-order valence-electron chi connectivity index (χ3n) is 4.86. The first-order valence-electron chi connectivity index (χ1n) is 8.02. The van der Waals surface area contributed by atoms with E-state index in [0.717, 1.165) is 36.6 Å². The zero-order valence-corrected chi connectivity index (χ0v) is 12.9. The Hall–Kier alpha value is -1.62. The van der Waals surface area contributed by atoms with E-state index in [2.05, 4.69) is 5.32 Å². The number of likely N-dealkylation sites (tertiary alicyclic amines) is 1. The van der Waals surface area contributed by atoms with Gasteiger partial charge in [0.1, 0.15) is 5.82 Å². The Balaban J connectivity index is 1.77. The average Bonchev–Trinajstić information content (AvgIpc) is 3.18. The minimum Gasteiger partial charge on any atom is -0.465 e. The number of benzene rings is 1. The Morgan fingerprint density at radius 2 is 2.14 bits per heavy atom. The van der Waals surface area contributed by atoms with Gasteiger partial charge in [-0.3, -0.25) is 0 Å². The summed E-state index contributed by atoms with van der Waals surface area (Å²) in [5.41, 5.74) is 1.75. The first kappa shape index (κ1) is 15.3. The lowest BCUT2D eigenvalue weighted by Crippen LogP contribution is -2.34. The summed E-state index contributed by atoms with van der Waals surface area (Å²) in [5, 5.41) is 12.9. The van der Waals surface area contributed by atoms with E-state index in [1.165, 1.54) is 29.9 Å². The maximum absolute atomic E-state index is 13.3. The van der Waals surface area contributed by atoms with Crippen LogP contribution >= 0.6 is 0 Å². The van der Waals surface area contributed by atoms with Gasteiger partial charge in [0.05, 0.1) is 6.04 Å². The van der Waals surface area contributed by atoms with Crippen molar-refractivity contribution in [1.29, 1.82) is 0 Å². The van der Waals surface area contributed by atoms with Crippen LogP contribution in [-0.4, -0.2) is 35.7 Å². The van der Waals surface area contributed by atoms with Crippen molar-refractivity contribution in [3.05, 3.63) is 35.1 Å². The molecule has 0 bridgehead atoms. The molecule has 1 aliphatic carbocycles. The molecule has 0 aromatic heterocycles. The highest BCUT2D eigenvalue weighted by molar-refractivity contribution is 5.66. The van der Waals surface area contributed by atoms with Crippen LogP contribution in [0.25, 0.3) is 0 Å². The van der Waals surface area contributed by atoms with E-state index in [1.807, 2.05) is 6.92 Å². The zero-order valence-electron chi connectivity index (χ0n) is 12.9. The van der Waals surface area contributed by atoms with E-state index >= 15 is 0 Å². The molecule has 1 heterocycles. The van der Waals surface area contributed by atoms with Gasteiger partial charge >= 0.3 is 6.09 Å². The van der Waals surface area contributed by atoms with Crippen LogP contribution in [0.2, 0.25) is 0 Å². The molecule has 1 saturated heterocycles. The van der Waals surface area contributed by atoms with Crippen LogP contribution in [0.5, 0.6) is 0 Å². The quantitative estimate of drug-likeness (QED) is 0.878. The number of carbonyl (C=O) groups is 1. The summed E-state index contributed by atoms with van der Waals surface area (Å²) >= 11 is 0. The van der Waals surface area contributed by atoms with Gasteiger partial charge in [-0.1, -0.05) is 6.07 Å². The topological polar surface area (TPSA) is 52.6 Å². The molecule has 3 rings (SSSR count). The van der Waals surface area contributed by atoms with Gasteiger partial charge in [-0.05, 0) is 67.8 Å². The smallest absolute Gasteiger partial charge is 0.407 e. The van der Waals surface area contributed by atoms with Crippen LogP contribution in [0, 0.1) is 24.6 Å². The van der Waals surface area contributed by atoms with Gasteiger partial charge in [0.25, 0.3) is 0 Å². The first-order valence-corrected chi connectivity index (χ1v) is 8.02. The summed E-state index contributed by atoms with van der Waals surface area (Å²) < 4.78 is 13.3. The molecule has 2 N–H and O–H groups in total. The van der Waals surface area contributed by atoms with E-state index in [1.54, 1.807) is 6.07 Å². The Morgan fingerprint density at radius 3 is 2.77 bits per heavy atom. The monoisotopic (exact) mass is 306 g/mol. The molecule has 1 aromatic rings. The van der Waals surface area contributed by atoms with Crippen molar-refractivity contribution in [1.82, 2.24) is 10.2 Å². The molecule has 1 aliphatic heterocycles. The predicted octanol–water partition coefficient (Wildman–Crippen LogP) is 3.17. The van der Waals surface area contributed by atoms with E-state index < -0.39 is 6.09 Å². The molecule has 5 heteroatoms. The fourth-order valence-electron chi connectivity index (χ4n) is 3.47. The lowest BCUT2D eigenvalue weighted by Gasteiger charge is -2.28. The van der Waals surface area contributed by atoms with E-state index in [0.29, 0.717) is 6.54 Å². The summed E-state index contributed by atoms with van der Waals surface area (Å²) in [6, 6.07) is 4.48. The predicted molar refractivity (Wildman–Crippen MR) is 82.3 cm³/mol. The van der Waals surface area contributed by atoms with Gasteiger partial charge in [-0.2, -0.15) is 0 Å². The van der Waals surface area contributed by atoms with Crippen LogP contribution in [0.4, 0.5) is 9.18 Å². The van der Waals surface area contributed by atoms with Crippen molar-refractivity contribution < 1.29 is 14.3 Å². The van der Waals surface area contributed by atoms with Crippen molar-refractivity contribution in [3.8, 4) is 0 Å². The normalized spacial score (nSPS) is 24.7. The lowest BCUT2D eigenvalue weighted by atomic mass is 9.90. The third kappa shape index (κ3) is 3.24. The van der Waals surface area contributed by atoms with Gasteiger partial charge < -0.3 is 15.3 Å². The second kappa shape index (κ2) is 6.24. The van der Waals surface area contributed by atoms with Crippen LogP contribution in [0.15, 0.2) is 18.2 Å². The number of halogens is 1. The average molecular weight is 306 g/mol. The molecule has 0 radical (unpaired) electrons. The Kier molecular flexibility index (Phi) is 4.34. The van der Waals surface area contributed by atoms with Gasteiger partial charge in [0, 0.05) is 13.1 Å². The van der Waals surface area contributed by atoms with Crippen molar-refractivity contribution in [2.45, 2.75) is 32.2 Å². The van der Waals surface area contributed by atoms with Crippen LogP contribution in [-0.2, 0) is 0 Å². The fraction of sp³-hybridized carbons (Fsp3) is 0.588. The SMILES string of the molecule is Cc1cc(F)ccc1C1C(CNCC2CC2)CCN1C(=O)O. The Bertz CT molecular complexity index is 560. The molecule has 2 atom stereocenters. The minimum atomic E-state index is -0.890. The first-order chi connectivity index (χ1) is 10.6. The minimum absolute atomic E-state index is 0.176.